The van der Waals surface area contributed by atoms with Crippen molar-refractivity contribution in [3.63, 3.8) is 0 Å². The first-order valence-electron chi connectivity index (χ1n) is 20.5. The monoisotopic (exact) mass is 853 g/mol. The van der Waals surface area contributed by atoms with Crippen LogP contribution in [0.5, 0.6) is 11.5 Å². The molecule has 4 aromatic carbocycles. The molecular formula is C49H47N3O3S4. The molecule has 0 saturated heterocycles. The molecule has 0 aliphatic heterocycles. The summed E-state index contributed by atoms with van der Waals surface area (Å²) in [6.07, 6.45) is 10.3. The Bertz CT molecular complexity index is 2510. The summed E-state index contributed by atoms with van der Waals surface area (Å²) in [5, 5.41) is 0. The van der Waals surface area contributed by atoms with Crippen molar-refractivity contribution >= 4 is 80.1 Å². The number of rotatable bonds is 20. The Morgan fingerprint density at radius 3 is 1.47 bits per heavy atom. The molecule has 0 fully saturated rings. The van der Waals surface area contributed by atoms with E-state index in [0.717, 1.165) is 88.6 Å². The van der Waals surface area contributed by atoms with Crippen LogP contribution in [0.1, 0.15) is 75.6 Å². The van der Waals surface area contributed by atoms with Crippen LogP contribution >= 0.6 is 45.7 Å². The molecule has 10 heteroatoms. The predicted octanol–water partition coefficient (Wildman–Crippen LogP) is 15.7. The van der Waals surface area contributed by atoms with Gasteiger partial charge in [-0.05, 0) is 122 Å². The molecule has 0 amide bonds. The van der Waals surface area contributed by atoms with Crippen LogP contribution in [0.25, 0.3) is 51.4 Å². The zero-order valence-electron chi connectivity index (χ0n) is 33.4. The number of carbonyl (C=O) groups excluding carboxylic acids is 1. The van der Waals surface area contributed by atoms with E-state index in [2.05, 4.69) is 137 Å². The lowest BCUT2D eigenvalue weighted by Crippen LogP contribution is -2.10. The summed E-state index contributed by atoms with van der Waals surface area (Å²) in [6, 6.07) is 42.8. The van der Waals surface area contributed by atoms with E-state index in [1.807, 2.05) is 34.8 Å². The van der Waals surface area contributed by atoms with Crippen molar-refractivity contribution in [2.45, 2.75) is 65.2 Å². The fraction of sp³-hybridized carbons (Fsp3) is 0.245. The van der Waals surface area contributed by atoms with Crippen LogP contribution in [-0.4, -0.2) is 28.2 Å². The van der Waals surface area contributed by atoms with Gasteiger partial charge in [0, 0.05) is 57.5 Å². The van der Waals surface area contributed by atoms with Gasteiger partial charge in [-0.2, -0.15) is 8.75 Å². The van der Waals surface area contributed by atoms with Crippen LogP contribution in [0.15, 0.2) is 121 Å². The van der Waals surface area contributed by atoms with Gasteiger partial charge in [0.25, 0.3) is 0 Å². The topological polar surface area (TPSA) is 64.6 Å². The maximum absolute atomic E-state index is 11.5. The van der Waals surface area contributed by atoms with E-state index in [0.29, 0.717) is 11.1 Å². The van der Waals surface area contributed by atoms with Gasteiger partial charge in [-0.1, -0.05) is 70.6 Å². The first-order valence-corrected chi connectivity index (χ1v) is 23.7. The zero-order valence-corrected chi connectivity index (χ0v) is 36.7. The summed E-state index contributed by atoms with van der Waals surface area (Å²) >= 11 is 6.51. The number of fused-ring (bicyclic) bond motifs is 1. The highest BCUT2D eigenvalue weighted by molar-refractivity contribution is 7.28. The standard InChI is InChI=1S/C49H47N3O3S4/c1-3-5-7-9-31-54-39-20-16-37(17-21-39)52(38-18-22-40(23-19-38)55-32-10-8-6-4-2)36-14-11-34(12-15-36)42-25-27-44(56-42)46-29-30-47(58-46)45-28-26-43(57-45)41-24-13-35(33-53)48-49(41)51-59-50-48/h11-30,33H,3-10,31-32H2,1-2H3. The number of thiophene rings is 3. The first-order chi connectivity index (χ1) is 29.1. The highest BCUT2D eigenvalue weighted by Gasteiger charge is 2.17. The number of hydrogen-bond acceptors (Lipinski definition) is 10. The minimum Gasteiger partial charge on any atom is -0.494 e. The third kappa shape index (κ3) is 9.68. The van der Waals surface area contributed by atoms with Gasteiger partial charge in [0.2, 0.25) is 0 Å². The van der Waals surface area contributed by atoms with E-state index in [4.69, 9.17) is 9.47 Å². The van der Waals surface area contributed by atoms with E-state index in [-0.39, 0.29) is 0 Å². The molecule has 4 heterocycles. The van der Waals surface area contributed by atoms with E-state index in [1.165, 1.54) is 68.5 Å². The van der Waals surface area contributed by atoms with E-state index in [9.17, 15) is 4.79 Å². The minimum atomic E-state index is 0.575. The van der Waals surface area contributed by atoms with Gasteiger partial charge in [-0.15, -0.1) is 34.0 Å². The predicted molar refractivity (Wildman–Crippen MR) is 252 cm³/mol. The first kappa shape index (κ1) is 40.6. The Labute approximate surface area is 363 Å². The van der Waals surface area contributed by atoms with Crippen LogP contribution in [0.2, 0.25) is 0 Å². The lowest BCUT2D eigenvalue weighted by atomic mass is 10.1. The van der Waals surface area contributed by atoms with Gasteiger partial charge in [0.15, 0.2) is 6.29 Å². The quantitative estimate of drug-likeness (QED) is 0.0562. The molecule has 6 nitrogen and oxygen atoms in total. The van der Waals surface area contributed by atoms with E-state index < -0.39 is 0 Å². The smallest absolute Gasteiger partial charge is 0.152 e. The molecule has 0 spiro atoms. The highest BCUT2D eigenvalue weighted by atomic mass is 32.1. The molecule has 4 aromatic heterocycles. The number of aldehydes is 1. The van der Waals surface area contributed by atoms with Crippen LogP contribution < -0.4 is 14.4 Å². The molecule has 0 radical (unpaired) electrons. The summed E-state index contributed by atoms with van der Waals surface area (Å²) in [7, 11) is 0. The van der Waals surface area contributed by atoms with Crippen molar-refractivity contribution in [3.8, 4) is 51.9 Å². The van der Waals surface area contributed by atoms with Crippen molar-refractivity contribution in [2.24, 2.45) is 0 Å². The van der Waals surface area contributed by atoms with Crippen molar-refractivity contribution in [1.82, 2.24) is 8.75 Å². The second kappa shape index (κ2) is 19.7. The van der Waals surface area contributed by atoms with Gasteiger partial charge >= 0.3 is 0 Å². The molecule has 59 heavy (non-hydrogen) atoms. The maximum Gasteiger partial charge on any atom is 0.152 e. The average Bonchev–Trinajstić information content (AvgIpc) is 4.12. The Morgan fingerprint density at radius 1 is 0.492 bits per heavy atom. The van der Waals surface area contributed by atoms with Crippen molar-refractivity contribution in [2.75, 3.05) is 18.1 Å². The van der Waals surface area contributed by atoms with Gasteiger partial charge in [0.1, 0.15) is 22.5 Å². The zero-order chi connectivity index (χ0) is 40.4. The Hall–Kier alpha value is -5.13. The van der Waals surface area contributed by atoms with Gasteiger partial charge in [0.05, 0.1) is 24.9 Å². The lowest BCUT2D eigenvalue weighted by molar-refractivity contribution is 0.112. The molecule has 0 bridgehead atoms. The minimum absolute atomic E-state index is 0.575. The van der Waals surface area contributed by atoms with Gasteiger partial charge < -0.3 is 14.4 Å². The Kier molecular flexibility index (Phi) is 13.6. The lowest BCUT2D eigenvalue weighted by Gasteiger charge is -2.26. The van der Waals surface area contributed by atoms with Gasteiger partial charge in [-0.25, -0.2) is 0 Å². The van der Waals surface area contributed by atoms with Crippen LogP contribution in [0, 0.1) is 0 Å². The maximum atomic E-state index is 11.5. The number of carbonyl (C=O) groups is 1. The third-order valence-electron chi connectivity index (χ3n) is 10.3. The number of aromatic nitrogens is 2. The third-order valence-corrected chi connectivity index (χ3v) is 14.5. The Balaban J connectivity index is 0.985. The van der Waals surface area contributed by atoms with Gasteiger partial charge in [-0.3, -0.25) is 4.79 Å². The number of ether oxygens (including phenoxy) is 2. The summed E-state index contributed by atoms with van der Waals surface area (Å²) in [5.41, 5.74) is 7.44. The summed E-state index contributed by atoms with van der Waals surface area (Å²) in [4.78, 5) is 21.1. The normalized spacial score (nSPS) is 11.3. The molecule has 0 atom stereocenters. The Morgan fingerprint density at radius 2 is 0.949 bits per heavy atom. The average molecular weight is 854 g/mol. The van der Waals surface area contributed by atoms with Crippen molar-refractivity contribution in [3.05, 3.63) is 127 Å². The second-order valence-corrected chi connectivity index (χ2v) is 18.2. The van der Waals surface area contributed by atoms with E-state index in [1.54, 1.807) is 11.3 Å². The number of hydrogen-bond donors (Lipinski definition) is 0. The summed E-state index contributed by atoms with van der Waals surface area (Å²) in [6.45, 7) is 5.95. The summed E-state index contributed by atoms with van der Waals surface area (Å²) < 4.78 is 21.0. The molecule has 0 N–H and O–H groups in total. The van der Waals surface area contributed by atoms with Crippen LogP contribution in [-0.2, 0) is 0 Å². The number of unbranched alkanes of at least 4 members (excludes halogenated alkanes) is 6. The number of benzene rings is 4. The number of nitrogens with zero attached hydrogens (tertiary/aromatic N) is 3. The molecule has 8 aromatic rings. The molecule has 0 aliphatic rings. The van der Waals surface area contributed by atoms with Crippen molar-refractivity contribution in [1.29, 1.82) is 0 Å². The summed E-state index contributed by atoms with van der Waals surface area (Å²) in [5.74, 6) is 1.80. The highest BCUT2D eigenvalue weighted by Crippen LogP contribution is 2.45. The molecule has 0 saturated carbocycles. The largest absolute Gasteiger partial charge is 0.494 e. The molecular weight excluding hydrogens is 807 g/mol. The number of anilines is 3. The fourth-order valence-corrected chi connectivity index (χ4v) is 10.9. The fourth-order valence-electron chi connectivity index (χ4n) is 7.07. The molecule has 300 valence electrons. The second-order valence-electron chi connectivity index (χ2n) is 14.5. The van der Waals surface area contributed by atoms with Crippen LogP contribution in [0.4, 0.5) is 17.1 Å². The van der Waals surface area contributed by atoms with E-state index >= 15 is 0 Å². The molecule has 0 unspecified atom stereocenters. The SMILES string of the molecule is CCCCCCOc1ccc(N(c2ccc(OCCCCCC)cc2)c2ccc(-c3ccc(-c4ccc(-c5ccc(-c6ccc(C=O)c7nsnc67)s5)s4)s3)cc2)cc1. The van der Waals surface area contributed by atoms with Crippen molar-refractivity contribution < 1.29 is 14.3 Å². The molecule has 0 aliphatic carbocycles. The molecule has 8 rings (SSSR count). The van der Waals surface area contributed by atoms with Crippen LogP contribution in [0.3, 0.4) is 0 Å².